The minimum absolute atomic E-state index is 0.119. The topological polar surface area (TPSA) is 90.5 Å². The second-order valence-electron chi connectivity index (χ2n) is 18.4. The number of fused-ring (bicyclic) bond motifs is 4. The van der Waals surface area contributed by atoms with Gasteiger partial charge in [-0.2, -0.15) is 0 Å². The molecule has 0 aliphatic heterocycles. The average molecular weight is 831 g/mol. The first kappa shape index (κ1) is 39.2. The summed E-state index contributed by atoms with van der Waals surface area (Å²) in [5.74, 6) is 3.27. The molecule has 0 N–H and O–H groups in total. The van der Waals surface area contributed by atoms with Crippen LogP contribution in [0.15, 0.2) is 174 Å². The number of para-hydroxylation sites is 2. The summed E-state index contributed by atoms with van der Waals surface area (Å²) in [4.78, 5) is 31.8. The summed E-state index contributed by atoms with van der Waals surface area (Å²) in [6, 6.07) is 57.9. The summed E-state index contributed by atoms with van der Waals surface area (Å²) in [5, 5.41) is 2.04. The van der Waals surface area contributed by atoms with Crippen molar-refractivity contribution >= 4 is 21.9 Å². The lowest BCUT2D eigenvalue weighted by atomic mass is 9.59. The van der Waals surface area contributed by atoms with Gasteiger partial charge in [0.05, 0.1) is 5.56 Å². The summed E-state index contributed by atoms with van der Waals surface area (Å²) in [6.07, 6.45) is 0. The Morgan fingerprint density at radius 2 is 0.734 bits per heavy atom. The fraction of sp³-hybridized carbons (Fsp3) is 0.158. The largest absolute Gasteiger partial charge is 0.455 e. The van der Waals surface area contributed by atoms with Crippen LogP contribution in [0.5, 0.6) is 0 Å². The van der Waals surface area contributed by atoms with Gasteiger partial charge in [-0.3, -0.25) is 0 Å². The van der Waals surface area contributed by atoms with Crippen LogP contribution in [0.25, 0.3) is 101 Å². The van der Waals surface area contributed by atoms with Gasteiger partial charge in [-0.05, 0) is 68.8 Å². The van der Waals surface area contributed by atoms with Crippen LogP contribution < -0.4 is 0 Å². The van der Waals surface area contributed by atoms with Crippen LogP contribution in [-0.2, 0) is 10.8 Å². The Balaban J connectivity index is 1.21. The lowest BCUT2D eigenvalue weighted by Gasteiger charge is -2.44. The molecule has 11 rings (SSSR count). The zero-order chi connectivity index (χ0) is 43.8. The van der Waals surface area contributed by atoms with E-state index in [9.17, 15) is 0 Å². The van der Waals surface area contributed by atoms with E-state index in [2.05, 4.69) is 114 Å². The Morgan fingerprint density at radius 3 is 1.31 bits per heavy atom. The SMILES string of the molecule is CC1(C)c2cc(-c3nc(-c4ccccc4)nc(-c4cccc(-c5ccccc5)c4)n3)c(-c3nc(-c4ccccc4)nc(-c4cccc5c4oc4ccccc45)n3)cc2C(C)(C)C1(C)C. The Labute approximate surface area is 373 Å². The standard InChI is InChI=1S/C57H46N6O/c1-55(2)45-33-43(53-60-49(36-22-12-8-13-23-36)58-51(62-53)39-27-18-26-38(32-39)35-20-10-7-11-21-35)44(34-46(45)56(3,4)57(55,5)6)54-61-50(37-24-14-9-15-25-37)59-52(63-54)42-30-19-29-41-40-28-16-17-31-47(40)64-48(41)42/h7-34H,1-6H3. The number of hydrogen-bond acceptors (Lipinski definition) is 7. The van der Waals surface area contributed by atoms with Crippen molar-refractivity contribution in [1.29, 1.82) is 0 Å². The molecule has 0 radical (unpaired) electrons. The molecule has 0 unspecified atom stereocenters. The number of furan rings is 1. The van der Waals surface area contributed by atoms with Crippen LogP contribution in [0.3, 0.4) is 0 Å². The molecule has 0 atom stereocenters. The highest BCUT2D eigenvalue weighted by Gasteiger charge is 2.57. The maximum absolute atomic E-state index is 6.58. The van der Waals surface area contributed by atoms with Gasteiger partial charge in [0.1, 0.15) is 11.2 Å². The third kappa shape index (κ3) is 6.25. The van der Waals surface area contributed by atoms with Crippen molar-refractivity contribution in [3.8, 4) is 79.5 Å². The Kier molecular flexibility index (Phi) is 9.03. The maximum Gasteiger partial charge on any atom is 0.167 e. The minimum atomic E-state index is -0.214. The predicted octanol–water partition coefficient (Wildman–Crippen LogP) is 14.2. The quantitative estimate of drug-likeness (QED) is 0.158. The Hall–Kier alpha value is -7.64. The molecule has 0 bridgehead atoms. The molecule has 7 heteroatoms. The van der Waals surface area contributed by atoms with Crippen LogP contribution in [0, 0.1) is 5.41 Å². The first-order valence-electron chi connectivity index (χ1n) is 21.9. The lowest BCUT2D eigenvalue weighted by molar-refractivity contribution is 0.125. The molecule has 0 fully saturated rings. The molecule has 0 spiro atoms. The van der Waals surface area contributed by atoms with Crippen molar-refractivity contribution in [2.45, 2.75) is 52.4 Å². The monoisotopic (exact) mass is 830 g/mol. The second-order valence-corrected chi connectivity index (χ2v) is 18.4. The molecule has 0 saturated heterocycles. The van der Waals surface area contributed by atoms with Gasteiger partial charge in [-0.25, -0.2) is 29.9 Å². The van der Waals surface area contributed by atoms with Crippen molar-refractivity contribution in [2.75, 3.05) is 0 Å². The van der Waals surface area contributed by atoms with Gasteiger partial charge in [0, 0.05) is 38.6 Å². The van der Waals surface area contributed by atoms with E-state index in [1.54, 1.807) is 0 Å². The van der Waals surface area contributed by atoms with E-state index in [1.807, 2.05) is 97.1 Å². The molecule has 0 amide bonds. The van der Waals surface area contributed by atoms with Gasteiger partial charge >= 0.3 is 0 Å². The highest BCUT2D eigenvalue weighted by Crippen LogP contribution is 2.62. The van der Waals surface area contributed by atoms with E-state index in [0.717, 1.165) is 66.4 Å². The van der Waals surface area contributed by atoms with E-state index >= 15 is 0 Å². The fourth-order valence-electron chi connectivity index (χ4n) is 9.53. The van der Waals surface area contributed by atoms with E-state index in [4.69, 9.17) is 34.3 Å². The molecule has 7 aromatic carbocycles. The summed E-state index contributed by atoms with van der Waals surface area (Å²) in [6.45, 7) is 14.2. The van der Waals surface area contributed by atoms with Gasteiger partial charge < -0.3 is 4.42 Å². The Morgan fingerprint density at radius 1 is 0.328 bits per heavy atom. The molecule has 10 aromatic rings. The van der Waals surface area contributed by atoms with Gasteiger partial charge in [-0.1, -0.05) is 181 Å². The number of nitrogens with zero attached hydrogens (tertiary/aromatic N) is 6. The maximum atomic E-state index is 6.58. The van der Waals surface area contributed by atoms with Gasteiger partial charge in [0.2, 0.25) is 0 Å². The molecular formula is C57H46N6O. The van der Waals surface area contributed by atoms with Crippen LogP contribution >= 0.6 is 0 Å². The molecule has 64 heavy (non-hydrogen) atoms. The molecule has 7 nitrogen and oxygen atoms in total. The van der Waals surface area contributed by atoms with Crippen molar-refractivity contribution < 1.29 is 4.42 Å². The van der Waals surface area contributed by atoms with Crippen LogP contribution in [0.2, 0.25) is 0 Å². The van der Waals surface area contributed by atoms with E-state index in [0.29, 0.717) is 34.9 Å². The van der Waals surface area contributed by atoms with Crippen molar-refractivity contribution in [2.24, 2.45) is 5.41 Å². The number of rotatable bonds is 7. The highest BCUT2D eigenvalue weighted by atomic mass is 16.3. The van der Waals surface area contributed by atoms with Gasteiger partial charge in [-0.15, -0.1) is 0 Å². The molecule has 0 saturated carbocycles. The van der Waals surface area contributed by atoms with E-state index in [-0.39, 0.29) is 16.2 Å². The van der Waals surface area contributed by atoms with Crippen molar-refractivity contribution in [1.82, 2.24) is 29.9 Å². The fourth-order valence-corrected chi connectivity index (χ4v) is 9.53. The molecule has 310 valence electrons. The highest BCUT2D eigenvalue weighted by molar-refractivity contribution is 6.09. The Bertz CT molecular complexity index is 3410. The first-order chi connectivity index (χ1) is 31.0. The summed E-state index contributed by atoms with van der Waals surface area (Å²) in [5.41, 5.74) is 10.8. The third-order valence-electron chi connectivity index (χ3n) is 14.3. The van der Waals surface area contributed by atoms with Gasteiger partial charge in [0.15, 0.2) is 34.9 Å². The lowest BCUT2D eigenvalue weighted by Crippen LogP contribution is -2.42. The number of hydrogen-bond donors (Lipinski definition) is 0. The van der Waals surface area contributed by atoms with Crippen LogP contribution in [0.1, 0.15) is 52.7 Å². The average Bonchev–Trinajstić information content (AvgIpc) is 3.77. The molecule has 1 aliphatic rings. The van der Waals surface area contributed by atoms with Crippen LogP contribution in [-0.4, -0.2) is 29.9 Å². The molecule has 1 aliphatic carbocycles. The zero-order valence-electron chi connectivity index (χ0n) is 36.8. The third-order valence-corrected chi connectivity index (χ3v) is 14.3. The summed E-state index contributed by atoms with van der Waals surface area (Å²) < 4.78 is 6.58. The zero-order valence-corrected chi connectivity index (χ0v) is 36.8. The first-order valence-corrected chi connectivity index (χ1v) is 21.9. The smallest absolute Gasteiger partial charge is 0.167 e. The number of aromatic nitrogens is 6. The predicted molar refractivity (Wildman–Crippen MR) is 258 cm³/mol. The van der Waals surface area contributed by atoms with Gasteiger partial charge in [0.25, 0.3) is 0 Å². The molecule has 3 heterocycles. The second kappa shape index (κ2) is 14.7. The minimum Gasteiger partial charge on any atom is -0.455 e. The normalized spacial score (nSPS) is 14.8. The van der Waals surface area contributed by atoms with E-state index < -0.39 is 0 Å². The van der Waals surface area contributed by atoms with Crippen molar-refractivity contribution in [3.05, 3.63) is 181 Å². The molecule has 3 aromatic heterocycles. The number of benzene rings is 7. The van der Waals surface area contributed by atoms with E-state index in [1.165, 1.54) is 11.1 Å². The summed E-state index contributed by atoms with van der Waals surface area (Å²) in [7, 11) is 0. The molecular weight excluding hydrogens is 785 g/mol. The van der Waals surface area contributed by atoms with Crippen molar-refractivity contribution in [3.63, 3.8) is 0 Å². The summed E-state index contributed by atoms with van der Waals surface area (Å²) >= 11 is 0. The van der Waals surface area contributed by atoms with Crippen LogP contribution in [0.4, 0.5) is 0 Å².